The van der Waals surface area contributed by atoms with Crippen molar-refractivity contribution in [3.63, 3.8) is 0 Å². The Kier molecular flexibility index (Phi) is 4.05. The minimum Gasteiger partial charge on any atom is -0.382 e. The minimum atomic E-state index is 0.669. The number of anilines is 1. The Morgan fingerprint density at radius 2 is 1.60 bits per heavy atom. The lowest BCUT2D eigenvalue weighted by atomic mass is 10.0. The molecule has 0 heterocycles. The second-order valence-electron chi connectivity index (χ2n) is 5.87. The third-order valence-electron chi connectivity index (χ3n) is 4.48. The Morgan fingerprint density at radius 3 is 2.25 bits per heavy atom. The molecule has 3 rings (SSSR count). The predicted molar refractivity (Wildman–Crippen MR) is 86.9 cm³/mol. The average Bonchev–Trinajstić information content (AvgIpc) is 2.97. The second-order valence-corrected chi connectivity index (χ2v) is 5.87. The first-order chi connectivity index (χ1) is 9.85. The Bertz CT molecular complexity index is 529. The zero-order valence-corrected chi connectivity index (χ0v) is 12.2. The lowest BCUT2D eigenvalue weighted by molar-refractivity contribution is 0.525. The number of rotatable bonds is 4. The van der Waals surface area contributed by atoms with E-state index >= 15 is 0 Å². The smallest absolute Gasteiger partial charge is 0.0342 e. The van der Waals surface area contributed by atoms with Gasteiger partial charge in [-0.25, -0.2) is 0 Å². The van der Waals surface area contributed by atoms with Crippen molar-refractivity contribution >= 4 is 5.69 Å². The van der Waals surface area contributed by atoms with Crippen LogP contribution in [0.5, 0.6) is 0 Å². The fraction of sp³-hybridized carbons (Fsp3) is 0.368. The third-order valence-corrected chi connectivity index (χ3v) is 4.48. The van der Waals surface area contributed by atoms with Crippen molar-refractivity contribution in [3.8, 4) is 11.1 Å². The van der Waals surface area contributed by atoms with Crippen LogP contribution in [-0.2, 0) is 0 Å². The molecule has 1 aliphatic carbocycles. The van der Waals surface area contributed by atoms with Crippen LogP contribution >= 0.6 is 0 Å². The Balaban J connectivity index is 1.65. The molecular weight excluding hydrogens is 242 g/mol. The summed E-state index contributed by atoms with van der Waals surface area (Å²) in [6.07, 6.45) is 5.36. The highest BCUT2D eigenvalue weighted by atomic mass is 14.9. The molecule has 0 saturated heterocycles. The molecule has 1 fully saturated rings. The highest BCUT2D eigenvalue weighted by molar-refractivity contribution is 5.65. The van der Waals surface area contributed by atoms with Crippen molar-refractivity contribution in [1.82, 2.24) is 0 Å². The molecule has 2 atom stereocenters. The van der Waals surface area contributed by atoms with Crippen molar-refractivity contribution in [2.75, 3.05) is 5.32 Å². The molecule has 0 amide bonds. The van der Waals surface area contributed by atoms with Crippen LogP contribution in [0.3, 0.4) is 0 Å². The number of hydrogen-bond acceptors (Lipinski definition) is 1. The first kappa shape index (κ1) is 13.2. The van der Waals surface area contributed by atoms with Gasteiger partial charge in [0.25, 0.3) is 0 Å². The van der Waals surface area contributed by atoms with Crippen LogP contribution in [0, 0.1) is 5.92 Å². The van der Waals surface area contributed by atoms with E-state index in [1.54, 1.807) is 0 Å². The first-order valence-corrected chi connectivity index (χ1v) is 7.77. The summed E-state index contributed by atoms with van der Waals surface area (Å²) in [4.78, 5) is 0. The topological polar surface area (TPSA) is 12.0 Å². The molecule has 0 aliphatic heterocycles. The molecule has 2 aromatic rings. The Hall–Kier alpha value is -1.76. The van der Waals surface area contributed by atoms with Crippen LogP contribution < -0.4 is 5.32 Å². The highest BCUT2D eigenvalue weighted by Gasteiger charge is 2.22. The maximum Gasteiger partial charge on any atom is 0.0342 e. The van der Waals surface area contributed by atoms with Gasteiger partial charge in [-0.15, -0.1) is 0 Å². The molecule has 1 aliphatic rings. The van der Waals surface area contributed by atoms with Crippen molar-refractivity contribution < 1.29 is 0 Å². The van der Waals surface area contributed by atoms with Gasteiger partial charge in [0.1, 0.15) is 0 Å². The van der Waals surface area contributed by atoms with Crippen molar-refractivity contribution in [3.05, 3.63) is 54.6 Å². The van der Waals surface area contributed by atoms with Crippen LogP contribution in [0.2, 0.25) is 0 Å². The van der Waals surface area contributed by atoms with Crippen LogP contribution in [0.25, 0.3) is 11.1 Å². The molecule has 0 radical (unpaired) electrons. The largest absolute Gasteiger partial charge is 0.382 e. The van der Waals surface area contributed by atoms with E-state index in [1.165, 1.54) is 42.5 Å². The fourth-order valence-corrected chi connectivity index (χ4v) is 3.20. The van der Waals surface area contributed by atoms with E-state index in [2.05, 4.69) is 66.8 Å². The van der Waals surface area contributed by atoms with Gasteiger partial charge < -0.3 is 5.32 Å². The quantitative estimate of drug-likeness (QED) is 0.786. The molecule has 0 aromatic heterocycles. The van der Waals surface area contributed by atoms with E-state index in [0.29, 0.717) is 6.04 Å². The summed E-state index contributed by atoms with van der Waals surface area (Å²) in [7, 11) is 0. The van der Waals surface area contributed by atoms with Gasteiger partial charge in [0.05, 0.1) is 0 Å². The van der Waals surface area contributed by atoms with Crippen molar-refractivity contribution in [2.45, 2.75) is 38.6 Å². The van der Waals surface area contributed by atoms with E-state index in [1.807, 2.05) is 0 Å². The molecule has 0 bridgehead atoms. The Morgan fingerprint density at radius 1 is 0.900 bits per heavy atom. The lowest BCUT2D eigenvalue weighted by Gasteiger charge is -2.14. The maximum atomic E-state index is 3.68. The zero-order valence-electron chi connectivity index (χ0n) is 12.2. The van der Waals surface area contributed by atoms with Crippen molar-refractivity contribution in [2.24, 2.45) is 5.92 Å². The zero-order chi connectivity index (χ0) is 13.8. The Labute approximate surface area is 122 Å². The van der Waals surface area contributed by atoms with Gasteiger partial charge in [0, 0.05) is 11.7 Å². The van der Waals surface area contributed by atoms with Gasteiger partial charge in [0.2, 0.25) is 0 Å². The molecule has 2 unspecified atom stereocenters. The third kappa shape index (κ3) is 3.04. The summed E-state index contributed by atoms with van der Waals surface area (Å²) >= 11 is 0. The summed E-state index contributed by atoms with van der Waals surface area (Å²) in [6, 6.07) is 20.1. The summed E-state index contributed by atoms with van der Waals surface area (Å²) in [5.41, 5.74) is 3.83. The molecule has 2 aromatic carbocycles. The molecule has 1 heteroatoms. The summed E-state index contributed by atoms with van der Waals surface area (Å²) in [5.74, 6) is 0.927. The lowest BCUT2D eigenvalue weighted by Crippen LogP contribution is -2.15. The summed E-state index contributed by atoms with van der Waals surface area (Å²) in [6.45, 7) is 2.31. The molecular formula is C19H23N. The van der Waals surface area contributed by atoms with Crippen LogP contribution in [-0.4, -0.2) is 6.04 Å². The van der Waals surface area contributed by atoms with Crippen LogP contribution in [0.1, 0.15) is 32.6 Å². The monoisotopic (exact) mass is 265 g/mol. The number of hydrogen-bond donors (Lipinski definition) is 1. The number of nitrogens with one attached hydrogen (secondary N) is 1. The van der Waals surface area contributed by atoms with Gasteiger partial charge in [0.15, 0.2) is 0 Å². The van der Waals surface area contributed by atoms with Crippen molar-refractivity contribution in [1.29, 1.82) is 0 Å². The maximum absolute atomic E-state index is 3.68. The summed E-state index contributed by atoms with van der Waals surface area (Å²) in [5, 5.41) is 3.68. The van der Waals surface area contributed by atoms with E-state index in [4.69, 9.17) is 0 Å². The molecule has 1 nitrogen and oxygen atoms in total. The standard InChI is InChI=1S/C19H23N/c1-2-15-8-11-19(14-15)20-18-12-9-17(10-13-18)16-6-4-3-5-7-16/h3-7,9-10,12-13,15,19-20H,2,8,11,14H2,1H3. The number of benzene rings is 2. The van der Waals surface area contributed by atoms with Gasteiger partial charge in [-0.3, -0.25) is 0 Å². The molecule has 1 saturated carbocycles. The normalized spacial score (nSPS) is 21.9. The van der Waals surface area contributed by atoms with E-state index < -0.39 is 0 Å². The van der Waals surface area contributed by atoms with Gasteiger partial charge in [-0.1, -0.05) is 55.8 Å². The average molecular weight is 265 g/mol. The van der Waals surface area contributed by atoms with Crippen LogP contribution in [0.4, 0.5) is 5.69 Å². The molecule has 104 valence electrons. The highest BCUT2D eigenvalue weighted by Crippen LogP contribution is 2.30. The first-order valence-electron chi connectivity index (χ1n) is 7.77. The predicted octanol–water partition coefficient (Wildman–Crippen LogP) is 5.34. The molecule has 20 heavy (non-hydrogen) atoms. The fourth-order valence-electron chi connectivity index (χ4n) is 3.20. The van der Waals surface area contributed by atoms with E-state index in [9.17, 15) is 0 Å². The second kappa shape index (κ2) is 6.13. The van der Waals surface area contributed by atoms with E-state index in [-0.39, 0.29) is 0 Å². The molecule has 1 N–H and O–H groups in total. The summed E-state index contributed by atoms with van der Waals surface area (Å²) < 4.78 is 0. The van der Waals surface area contributed by atoms with Gasteiger partial charge >= 0.3 is 0 Å². The van der Waals surface area contributed by atoms with Crippen LogP contribution in [0.15, 0.2) is 54.6 Å². The van der Waals surface area contributed by atoms with Gasteiger partial charge in [-0.05, 0) is 48.4 Å². The van der Waals surface area contributed by atoms with E-state index in [0.717, 1.165) is 5.92 Å². The SMILES string of the molecule is CCC1CCC(Nc2ccc(-c3ccccc3)cc2)C1. The molecule has 0 spiro atoms. The van der Waals surface area contributed by atoms with Gasteiger partial charge in [-0.2, -0.15) is 0 Å². The minimum absolute atomic E-state index is 0.669.